The SMILES string of the molecule is COc1cc(C(=O)[O-])cc(O)c1O.[Na+]. The molecule has 0 radical (unpaired) electrons. The number of carboxylic acids is 1. The third kappa shape index (κ3) is 2.54. The molecule has 0 fully saturated rings. The van der Waals surface area contributed by atoms with E-state index in [0.717, 1.165) is 12.1 Å². The van der Waals surface area contributed by atoms with E-state index in [1.807, 2.05) is 0 Å². The van der Waals surface area contributed by atoms with Crippen LogP contribution in [0.25, 0.3) is 0 Å². The fourth-order valence-electron chi connectivity index (χ4n) is 0.867. The van der Waals surface area contributed by atoms with Crippen LogP contribution in [0.5, 0.6) is 17.2 Å². The molecule has 6 heteroatoms. The molecule has 0 unspecified atom stereocenters. The van der Waals surface area contributed by atoms with Gasteiger partial charge < -0.3 is 24.9 Å². The van der Waals surface area contributed by atoms with E-state index in [-0.39, 0.29) is 40.9 Å². The zero-order chi connectivity index (χ0) is 10.0. The van der Waals surface area contributed by atoms with Gasteiger partial charge in [-0.2, -0.15) is 0 Å². The van der Waals surface area contributed by atoms with Crippen LogP contribution < -0.4 is 39.4 Å². The van der Waals surface area contributed by atoms with Gasteiger partial charge in [0.2, 0.25) is 5.75 Å². The summed E-state index contributed by atoms with van der Waals surface area (Å²) in [5.41, 5.74) is -0.257. The van der Waals surface area contributed by atoms with Crippen molar-refractivity contribution in [1.29, 1.82) is 0 Å². The first-order chi connectivity index (χ1) is 6.06. The van der Waals surface area contributed by atoms with Gasteiger partial charge in [0, 0.05) is 5.56 Å². The second-order valence-electron chi connectivity index (χ2n) is 2.33. The summed E-state index contributed by atoms with van der Waals surface area (Å²) >= 11 is 0. The Morgan fingerprint density at radius 1 is 1.43 bits per heavy atom. The van der Waals surface area contributed by atoms with Gasteiger partial charge in [-0.3, -0.25) is 0 Å². The second-order valence-corrected chi connectivity index (χ2v) is 2.33. The van der Waals surface area contributed by atoms with Gasteiger partial charge in [0.15, 0.2) is 11.5 Å². The Morgan fingerprint density at radius 3 is 2.43 bits per heavy atom. The molecule has 0 bridgehead atoms. The number of rotatable bonds is 2. The molecule has 14 heavy (non-hydrogen) atoms. The van der Waals surface area contributed by atoms with Gasteiger partial charge in [-0.25, -0.2) is 0 Å². The van der Waals surface area contributed by atoms with Crippen molar-refractivity contribution in [2.24, 2.45) is 0 Å². The van der Waals surface area contributed by atoms with E-state index in [1.54, 1.807) is 0 Å². The van der Waals surface area contributed by atoms with Crippen LogP contribution in [-0.4, -0.2) is 23.3 Å². The molecule has 0 aromatic heterocycles. The first-order valence-corrected chi connectivity index (χ1v) is 3.37. The van der Waals surface area contributed by atoms with Crippen molar-refractivity contribution < 1.29 is 54.4 Å². The Morgan fingerprint density at radius 2 is 2.00 bits per heavy atom. The van der Waals surface area contributed by atoms with Crippen molar-refractivity contribution in [1.82, 2.24) is 0 Å². The molecular formula is C8H7NaO5. The summed E-state index contributed by atoms with van der Waals surface area (Å²) in [6.07, 6.45) is 0. The number of benzene rings is 1. The number of aromatic carboxylic acids is 1. The maximum atomic E-state index is 10.4. The molecule has 0 saturated heterocycles. The second kappa shape index (κ2) is 5.09. The van der Waals surface area contributed by atoms with E-state index in [1.165, 1.54) is 7.11 Å². The van der Waals surface area contributed by atoms with E-state index in [0.29, 0.717) is 0 Å². The van der Waals surface area contributed by atoms with Gasteiger partial charge in [-0.1, -0.05) is 0 Å². The molecule has 1 aromatic carbocycles. The maximum absolute atomic E-state index is 10.4. The van der Waals surface area contributed by atoms with Crippen LogP contribution >= 0.6 is 0 Å². The number of aromatic hydroxyl groups is 2. The molecule has 0 heterocycles. The van der Waals surface area contributed by atoms with Crippen LogP contribution in [0, 0.1) is 0 Å². The summed E-state index contributed by atoms with van der Waals surface area (Å²) in [5.74, 6) is -2.61. The predicted molar refractivity (Wildman–Crippen MR) is 40.7 cm³/mol. The average molecular weight is 206 g/mol. The van der Waals surface area contributed by atoms with Crippen LogP contribution in [0.1, 0.15) is 10.4 Å². The van der Waals surface area contributed by atoms with E-state index in [9.17, 15) is 9.90 Å². The fourth-order valence-corrected chi connectivity index (χ4v) is 0.867. The minimum atomic E-state index is -1.45. The molecule has 5 nitrogen and oxygen atoms in total. The van der Waals surface area contributed by atoms with Gasteiger partial charge in [-0.15, -0.1) is 0 Å². The minimum Gasteiger partial charge on any atom is -0.545 e. The normalized spacial score (nSPS) is 8.93. The van der Waals surface area contributed by atoms with Crippen molar-refractivity contribution in [3.05, 3.63) is 17.7 Å². The number of methoxy groups -OCH3 is 1. The number of hydrogen-bond acceptors (Lipinski definition) is 5. The Labute approximate surface area is 102 Å². The van der Waals surface area contributed by atoms with Crippen molar-refractivity contribution in [2.45, 2.75) is 0 Å². The largest absolute Gasteiger partial charge is 1.00 e. The van der Waals surface area contributed by atoms with E-state index >= 15 is 0 Å². The molecule has 0 aliphatic heterocycles. The number of carboxylic acid groups (broad SMARTS) is 1. The van der Waals surface area contributed by atoms with Crippen molar-refractivity contribution in [3.8, 4) is 17.2 Å². The maximum Gasteiger partial charge on any atom is 1.00 e. The smallest absolute Gasteiger partial charge is 0.545 e. The van der Waals surface area contributed by atoms with Gasteiger partial charge >= 0.3 is 29.6 Å². The average Bonchev–Trinajstić information content (AvgIpc) is 2.09. The Hall–Kier alpha value is -0.910. The van der Waals surface area contributed by atoms with Crippen LogP contribution in [0.4, 0.5) is 0 Å². The predicted octanol–water partition coefficient (Wildman–Crippen LogP) is -3.53. The van der Waals surface area contributed by atoms with Crippen molar-refractivity contribution in [2.75, 3.05) is 7.11 Å². The van der Waals surface area contributed by atoms with Crippen LogP contribution in [0.3, 0.4) is 0 Å². The van der Waals surface area contributed by atoms with Gasteiger partial charge in [0.1, 0.15) is 0 Å². The Bertz CT molecular complexity index is 350. The summed E-state index contributed by atoms with van der Waals surface area (Å²) in [6, 6.07) is 1.94. The van der Waals surface area contributed by atoms with E-state index in [2.05, 4.69) is 4.74 Å². The van der Waals surface area contributed by atoms with Crippen molar-refractivity contribution >= 4 is 5.97 Å². The molecule has 0 aliphatic carbocycles. The summed E-state index contributed by atoms with van der Waals surface area (Å²) in [4.78, 5) is 10.4. The van der Waals surface area contributed by atoms with Crippen LogP contribution in [0.2, 0.25) is 0 Å². The van der Waals surface area contributed by atoms with Gasteiger partial charge in [-0.05, 0) is 12.1 Å². The van der Waals surface area contributed by atoms with E-state index < -0.39 is 17.5 Å². The number of carbonyl (C=O) groups is 1. The molecule has 0 amide bonds. The number of phenolic OH excluding ortho intramolecular Hbond substituents is 2. The standard InChI is InChI=1S/C8H8O5.Na/c1-13-6-3-4(8(11)12)2-5(9)7(6)10;/h2-3,9-10H,1H3,(H,11,12);/q;+1/p-1. The molecular weight excluding hydrogens is 199 g/mol. The monoisotopic (exact) mass is 206 g/mol. The number of ether oxygens (including phenoxy) is 1. The minimum absolute atomic E-state index is 0. The van der Waals surface area contributed by atoms with Crippen molar-refractivity contribution in [3.63, 3.8) is 0 Å². The molecule has 2 N–H and O–H groups in total. The summed E-state index contributed by atoms with van der Waals surface area (Å²) in [5, 5.41) is 28.5. The zero-order valence-electron chi connectivity index (χ0n) is 7.77. The topological polar surface area (TPSA) is 89.8 Å². The first kappa shape index (κ1) is 13.1. The van der Waals surface area contributed by atoms with Crippen LogP contribution in [0.15, 0.2) is 12.1 Å². The molecule has 1 aromatic rings. The zero-order valence-corrected chi connectivity index (χ0v) is 9.77. The molecule has 0 spiro atoms. The quantitative estimate of drug-likeness (QED) is 0.386. The van der Waals surface area contributed by atoms with E-state index in [4.69, 9.17) is 10.2 Å². The fraction of sp³-hybridized carbons (Fsp3) is 0.125. The summed E-state index contributed by atoms with van der Waals surface area (Å²) in [6.45, 7) is 0. The molecule has 0 aliphatic rings. The van der Waals surface area contributed by atoms with Crippen LogP contribution in [-0.2, 0) is 0 Å². The third-order valence-corrected chi connectivity index (χ3v) is 1.51. The third-order valence-electron chi connectivity index (χ3n) is 1.51. The molecule has 1 rings (SSSR count). The molecule has 0 saturated carbocycles. The number of carbonyl (C=O) groups excluding carboxylic acids is 1. The summed E-state index contributed by atoms with van der Waals surface area (Å²) < 4.78 is 4.62. The summed E-state index contributed by atoms with van der Waals surface area (Å²) in [7, 11) is 1.24. The molecule has 70 valence electrons. The number of hydrogen-bond donors (Lipinski definition) is 2. The first-order valence-electron chi connectivity index (χ1n) is 3.37. The molecule has 0 atom stereocenters. The number of phenols is 2. The van der Waals surface area contributed by atoms with Gasteiger partial charge in [0.25, 0.3) is 0 Å². The Balaban J connectivity index is 0.00000169. The Kier molecular flexibility index (Phi) is 4.76. The van der Waals surface area contributed by atoms with Gasteiger partial charge in [0.05, 0.1) is 13.1 Å².